The van der Waals surface area contributed by atoms with Gasteiger partial charge in [-0.25, -0.2) is 18.7 Å². The van der Waals surface area contributed by atoms with Crippen LogP contribution in [0.1, 0.15) is 36.4 Å². The molecule has 1 aromatic heterocycles. The standard InChI is InChI=1S/C14H10BrClF2N2/c15-10-11(7-1-2-7)19-14(20-12(10)16)9-5-3-8(4-6-9)13(17)18/h3-7,13H,1-2H2. The van der Waals surface area contributed by atoms with E-state index in [1.54, 1.807) is 12.1 Å². The monoisotopic (exact) mass is 358 g/mol. The fourth-order valence-corrected chi connectivity index (χ4v) is 2.65. The van der Waals surface area contributed by atoms with Crippen LogP contribution in [0.3, 0.4) is 0 Å². The lowest BCUT2D eigenvalue weighted by Gasteiger charge is -2.08. The van der Waals surface area contributed by atoms with Crippen molar-refractivity contribution in [3.8, 4) is 11.4 Å². The molecule has 0 spiro atoms. The molecule has 0 amide bonds. The fourth-order valence-electron chi connectivity index (χ4n) is 1.97. The van der Waals surface area contributed by atoms with Crippen LogP contribution in [0.25, 0.3) is 11.4 Å². The topological polar surface area (TPSA) is 25.8 Å². The van der Waals surface area contributed by atoms with Crippen LogP contribution < -0.4 is 0 Å². The summed E-state index contributed by atoms with van der Waals surface area (Å²) in [7, 11) is 0. The maximum atomic E-state index is 12.5. The number of alkyl halides is 2. The van der Waals surface area contributed by atoms with Crippen molar-refractivity contribution in [3.05, 3.63) is 45.1 Å². The summed E-state index contributed by atoms with van der Waals surface area (Å²) in [6.45, 7) is 0. The van der Waals surface area contributed by atoms with Gasteiger partial charge in [0.15, 0.2) is 5.82 Å². The zero-order valence-corrected chi connectivity index (χ0v) is 12.6. The maximum Gasteiger partial charge on any atom is 0.263 e. The Labute approximate surface area is 128 Å². The molecule has 3 rings (SSSR count). The van der Waals surface area contributed by atoms with Gasteiger partial charge in [0.05, 0.1) is 10.2 Å². The second-order valence-electron chi connectivity index (χ2n) is 4.73. The summed E-state index contributed by atoms with van der Waals surface area (Å²) >= 11 is 9.51. The zero-order valence-electron chi connectivity index (χ0n) is 10.3. The van der Waals surface area contributed by atoms with Gasteiger partial charge in [-0.3, -0.25) is 0 Å². The Kier molecular flexibility index (Phi) is 3.73. The zero-order chi connectivity index (χ0) is 14.3. The quantitative estimate of drug-likeness (QED) is 0.688. The van der Waals surface area contributed by atoms with Gasteiger partial charge >= 0.3 is 0 Å². The Balaban J connectivity index is 2.01. The van der Waals surface area contributed by atoms with Gasteiger partial charge < -0.3 is 0 Å². The number of benzene rings is 1. The summed E-state index contributed by atoms with van der Waals surface area (Å²) in [5.41, 5.74) is 1.57. The van der Waals surface area contributed by atoms with Crippen molar-refractivity contribution < 1.29 is 8.78 Å². The number of nitrogens with zero attached hydrogens (tertiary/aromatic N) is 2. The third-order valence-electron chi connectivity index (χ3n) is 3.22. The lowest BCUT2D eigenvalue weighted by Crippen LogP contribution is -1.97. The molecule has 104 valence electrons. The highest BCUT2D eigenvalue weighted by molar-refractivity contribution is 9.10. The lowest BCUT2D eigenvalue weighted by atomic mass is 10.1. The third-order valence-corrected chi connectivity index (χ3v) is 4.50. The average molecular weight is 360 g/mol. The second-order valence-corrected chi connectivity index (χ2v) is 5.89. The molecule has 0 unspecified atom stereocenters. The third kappa shape index (κ3) is 2.69. The number of rotatable bonds is 3. The van der Waals surface area contributed by atoms with Gasteiger partial charge in [0, 0.05) is 17.0 Å². The number of hydrogen-bond acceptors (Lipinski definition) is 2. The van der Waals surface area contributed by atoms with Gasteiger partial charge in [-0.2, -0.15) is 0 Å². The van der Waals surface area contributed by atoms with E-state index in [0.717, 1.165) is 23.0 Å². The molecule has 0 aliphatic heterocycles. The normalized spacial score (nSPS) is 14.8. The van der Waals surface area contributed by atoms with Crippen molar-refractivity contribution in [2.75, 3.05) is 0 Å². The van der Waals surface area contributed by atoms with Gasteiger partial charge in [0.2, 0.25) is 0 Å². The van der Waals surface area contributed by atoms with E-state index in [9.17, 15) is 8.78 Å². The van der Waals surface area contributed by atoms with Crippen molar-refractivity contribution in [3.63, 3.8) is 0 Å². The summed E-state index contributed by atoms with van der Waals surface area (Å²) in [5, 5.41) is 0.356. The average Bonchev–Trinajstić information content (AvgIpc) is 3.26. The summed E-state index contributed by atoms with van der Waals surface area (Å²) in [6.07, 6.45) is -0.286. The minimum atomic E-state index is -2.47. The summed E-state index contributed by atoms with van der Waals surface area (Å²) in [5.74, 6) is 0.893. The molecule has 0 N–H and O–H groups in total. The minimum absolute atomic E-state index is 0.0145. The van der Waals surface area contributed by atoms with Crippen LogP contribution >= 0.6 is 27.5 Å². The molecule has 2 nitrogen and oxygen atoms in total. The van der Waals surface area contributed by atoms with E-state index in [0.29, 0.717) is 22.5 Å². The van der Waals surface area contributed by atoms with Crippen molar-refractivity contribution in [1.29, 1.82) is 0 Å². The smallest absolute Gasteiger partial charge is 0.231 e. The molecule has 1 saturated carbocycles. The van der Waals surface area contributed by atoms with Crippen LogP contribution in [0.15, 0.2) is 28.7 Å². The van der Waals surface area contributed by atoms with Gasteiger partial charge in [0.1, 0.15) is 5.15 Å². The van der Waals surface area contributed by atoms with Crippen molar-refractivity contribution in [1.82, 2.24) is 9.97 Å². The predicted octanol–water partition coefficient (Wildman–Crippen LogP) is 5.37. The molecular weight excluding hydrogens is 350 g/mol. The Morgan fingerprint density at radius 1 is 1.15 bits per heavy atom. The van der Waals surface area contributed by atoms with Crippen molar-refractivity contribution in [2.24, 2.45) is 0 Å². The first kappa shape index (κ1) is 13.9. The lowest BCUT2D eigenvalue weighted by molar-refractivity contribution is 0.151. The second kappa shape index (κ2) is 5.37. The van der Waals surface area contributed by atoms with Crippen LogP contribution in [-0.2, 0) is 0 Å². The highest BCUT2D eigenvalue weighted by Crippen LogP contribution is 2.44. The Bertz CT molecular complexity index is 642. The van der Waals surface area contributed by atoms with Gasteiger partial charge in [-0.05, 0) is 28.8 Å². The molecule has 1 heterocycles. The van der Waals surface area contributed by atoms with E-state index in [-0.39, 0.29) is 5.56 Å². The Morgan fingerprint density at radius 3 is 2.35 bits per heavy atom. The number of halogens is 4. The largest absolute Gasteiger partial charge is 0.263 e. The molecule has 1 fully saturated rings. The molecule has 20 heavy (non-hydrogen) atoms. The van der Waals surface area contributed by atoms with E-state index >= 15 is 0 Å². The summed E-state index contributed by atoms with van der Waals surface area (Å²) < 4.78 is 25.8. The van der Waals surface area contributed by atoms with Gasteiger partial charge in [-0.15, -0.1) is 0 Å². The van der Waals surface area contributed by atoms with E-state index < -0.39 is 6.43 Å². The predicted molar refractivity (Wildman–Crippen MR) is 77.1 cm³/mol. The highest BCUT2D eigenvalue weighted by Gasteiger charge is 2.29. The number of aromatic nitrogens is 2. The summed E-state index contributed by atoms with van der Waals surface area (Å²) in [4.78, 5) is 8.72. The molecule has 6 heteroatoms. The summed E-state index contributed by atoms with van der Waals surface area (Å²) in [6, 6.07) is 5.96. The van der Waals surface area contributed by atoms with Gasteiger partial charge in [0.25, 0.3) is 6.43 Å². The van der Waals surface area contributed by atoms with E-state index in [1.807, 2.05) is 0 Å². The molecular formula is C14H10BrClF2N2. The Hall–Kier alpha value is -1.07. The molecule has 0 saturated heterocycles. The fraction of sp³-hybridized carbons (Fsp3) is 0.286. The minimum Gasteiger partial charge on any atom is -0.231 e. The van der Waals surface area contributed by atoms with Crippen LogP contribution in [0.2, 0.25) is 5.15 Å². The molecule has 0 atom stereocenters. The molecule has 2 aromatic rings. The molecule has 1 aromatic carbocycles. The first-order valence-corrected chi connectivity index (χ1v) is 7.35. The van der Waals surface area contributed by atoms with Crippen molar-refractivity contribution >= 4 is 27.5 Å². The number of hydrogen-bond donors (Lipinski definition) is 0. The van der Waals surface area contributed by atoms with E-state index in [2.05, 4.69) is 25.9 Å². The SMILES string of the molecule is FC(F)c1ccc(-c2nc(Cl)c(Br)c(C3CC3)n2)cc1. The maximum absolute atomic E-state index is 12.5. The first-order chi connectivity index (χ1) is 9.56. The molecule has 0 radical (unpaired) electrons. The molecule has 1 aliphatic carbocycles. The van der Waals surface area contributed by atoms with Crippen molar-refractivity contribution in [2.45, 2.75) is 25.2 Å². The van der Waals surface area contributed by atoms with E-state index in [1.165, 1.54) is 12.1 Å². The van der Waals surface area contributed by atoms with Crippen LogP contribution in [-0.4, -0.2) is 9.97 Å². The Morgan fingerprint density at radius 2 is 1.80 bits per heavy atom. The molecule has 1 aliphatic rings. The highest BCUT2D eigenvalue weighted by atomic mass is 79.9. The van der Waals surface area contributed by atoms with Crippen LogP contribution in [0.4, 0.5) is 8.78 Å². The van der Waals surface area contributed by atoms with E-state index in [4.69, 9.17) is 11.6 Å². The van der Waals surface area contributed by atoms with Crippen LogP contribution in [0, 0.1) is 0 Å². The first-order valence-electron chi connectivity index (χ1n) is 6.17. The van der Waals surface area contributed by atoms with Crippen LogP contribution in [0.5, 0.6) is 0 Å². The van der Waals surface area contributed by atoms with Gasteiger partial charge in [-0.1, -0.05) is 35.9 Å². The molecule has 0 bridgehead atoms.